The molecule has 0 saturated carbocycles. The number of carbonyl (C=O) groups excluding carboxylic acids is 2. The van der Waals surface area contributed by atoms with Crippen molar-refractivity contribution in [2.24, 2.45) is 5.34 Å². The Hall–Kier alpha value is 0.676. The monoisotopic (exact) mass is 363 g/mol. The summed E-state index contributed by atoms with van der Waals surface area (Å²) in [5.74, 6) is -2.29. The first-order valence-electron chi connectivity index (χ1n) is 5.21. The summed E-state index contributed by atoms with van der Waals surface area (Å²) in [5.41, 5.74) is 0.220. The van der Waals surface area contributed by atoms with Crippen LogP contribution < -0.4 is 121 Å². The summed E-state index contributed by atoms with van der Waals surface area (Å²) in [6, 6.07) is 8.06. The van der Waals surface area contributed by atoms with Crippen molar-refractivity contribution < 1.29 is 130 Å². The SMILES string of the molecule is C/C=C/C=C/C(=O)[O-].O=C([O-])c1ccccc1.O=N[O-].[K+].[Na+].[Na+]. The smallest absolute Gasteiger partial charge is 0.545 e. The van der Waals surface area contributed by atoms with Crippen LogP contribution in [0.5, 0.6) is 0 Å². The van der Waals surface area contributed by atoms with Gasteiger partial charge in [-0.3, -0.25) is 0 Å². The Balaban J connectivity index is -0.0000000726. The number of carboxylic acid groups (broad SMARTS) is 2. The van der Waals surface area contributed by atoms with Gasteiger partial charge in [-0.15, -0.1) is 5.34 Å². The molecule has 1 aromatic rings. The summed E-state index contributed by atoms with van der Waals surface area (Å²) in [7, 11) is 0. The second-order valence-electron chi connectivity index (χ2n) is 2.93. The van der Waals surface area contributed by atoms with E-state index in [1.54, 1.807) is 37.3 Å². The van der Waals surface area contributed by atoms with Crippen LogP contribution in [0.1, 0.15) is 17.3 Å². The summed E-state index contributed by atoms with van der Waals surface area (Å²) in [5, 5.41) is 28.7. The third kappa shape index (κ3) is 31.0. The topological polar surface area (TPSA) is 133 Å². The molecule has 0 aliphatic carbocycles. The number of benzene rings is 1. The molecule has 0 aliphatic rings. The van der Waals surface area contributed by atoms with Crippen molar-refractivity contribution in [1.29, 1.82) is 0 Å². The van der Waals surface area contributed by atoms with Crippen LogP contribution in [0.3, 0.4) is 0 Å². The number of aliphatic carboxylic acids is 1. The maximum absolute atomic E-state index is 10.1. The third-order valence-corrected chi connectivity index (χ3v) is 1.55. The van der Waals surface area contributed by atoms with Crippen LogP contribution >= 0.6 is 0 Å². The molecule has 23 heavy (non-hydrogen) atoms. The van der Waals surface area contributed by atoms with E-state index in [1.807, 2.05) is 0 Å². The molecule has 0 radical (unpaired) electrons. The molecule has 108 valence electrons. The fourth-order valence-electron chi connectivity index (χ4n) is 0.819. The fraction of sp³-hybridized carbons (Fsp3) is 0.0769. The largest absolute Gasteiger partial charge is 1.00 e. The van der Waals surface area contributed by atoms with Gasteiger partial charge in [0.15, 0.2) is 0 Å². The van der Waals surface area contributed by atoms with Crippen molar-refractivity contribution in [2.75, 3.05) is 0 Å². The number of hydrogen-bond acceptors (Lipinski definition) is 7. The van der Waals surface area contributed by atoms with E-state index in [2.05, 4.69) is 0 Å². The molecule has 0 aromatic heterocycles. The minimum Gasteiger partial charge on any atom is -0.545 e. The Morgan fingerprint density at radius 2 is 1.48 bits per heavy atom. The van der Waals surface area contributed by atoms with E-state index in [1.165, 1.54) is 18.2 Å². The van der Waals surface area contributed by atoms with Gasteiger partial charge in [0, 0.05) is 0 Å². The van der Waals surface area contributed by atoms with Crippen LogP contribution in [0.2, 0.25) is 0 Å². The van der Waals surface area contributed by atoms with Crippen molar-refractivity contribution in [3.05, 3.63) is 70.3 Å². The average molecular weight is 363 g/mol. The quantitative estimate of drug-likeness (QED) is 0.172. The fourth-order valence-corrected chi connectivity index (χ4v) is 0.819. The van der Waals surface area contributed by atoms with Gasteiger partial charge in [-0.2, -0.15) is 0 Å². The Labute approximate surface area is 221 Å². The van der Waals surface area contributed by atoms with Gasteiger partial charge in [-0.1, -0.05) is 48.6 Å². The zero-order chi connectivity index (χ0) is 15.8. The molecule has 0 spiro atoms. The summed E-state index contributed by atoms with van der Waals surface area (Å²) in [6.45, 7) is 1.81. The number of allylic oxidation sites excluding steroid dienone is 3. The zero-order valence-electron chi connectivity index (χ0n) is 13.6. The first-order chi connectivity index (χ1) is 9.49. The van der Waals surface area contributed by atoms with Gasteiger partial charge in [-0.05, 0) is 18.6 Å². The number of aromatic carboxylic acids is 1. The van der Waals surface area contributed by atoms with Gasteiger partial charge < -0.3 is 29.9 Å². The van der Waals surface area contributed by atoms with Crippen molar-refractivity contribution in [1.82, 2.24) is 0 Å². The van der Waals surface area contributed by atoms with E-state index in [9.17, 15) is 19.8 Å². The second-order valence-corrected chi connectivity index (χ2v) is 2.93. The van der Waals surface area contributed by atoms with Crippen molar-refractivity contribution in [2.45, 2.75) is 6.92 Å². The number of carboxylic acids is 2. The first-order valence-corrected chi connectivity index (χ1v) is 5.21. The van der Waals surface area contributed by atoms with Crippen LogP contribution in [0.4, 0.5) is 0 Å². The predicted molar refractivity (Wildman–Crippen MR) is 68.9 cm³/mol. The van der Waals surface area contributed by atoms with Gasteiger partial charge in [-0.25, -0.2) is 0 Å². The molecule has 0 amide bonds. The van der Waals surface area contributed by atoms with Crippen LogP contribution in [0.25, 0.3) is 0 Å². The standard InChI is InChI=1S/C7H6O2.C6H8O2.K.HNO2.2Na/c8-7(9)6-4-2-1-3-5-6;1-2-3-4-5-6(7)8;;2-1-3;;/h1-5H,(H,8,9);2-5H,1H3,(H,7,8);;(H,2,3);;/q;;+1;;2*+1/p-3/b;3-2+,5-4+;;;;. The van der Waals surface area contributed by atoms with Crippen molar-refractivity contribution in [3.63, 3.8) is 0 Å². The summed E-state index contributed by atoms with van der Waals surface area (Å²) in [6.07, 6.45) is 5.74. The minimum absolute atomic E-state index is 0. The van der Waals surface area contributed by atoms with E-state index >= 15 is 0 Å². The molecule has 0 bridgehead atoms. The Morgan fingerprint density at radius 1 is 1.04 bits per heavy atom. The summed E-state index contributed by atoms with van der Waals surface area (Å²) >= 11 is 0. The molecule has 0 fully saturated rings. The molecule has 1 aromatic carbocycles. The maximum Gasteiger partial charge on any atom is 1.00 e. The molecule has 0 aliphatic heterocycles. The van der Waals surface area contributed by atoms with Crippen LogP contribution in [0, 0.1) is 10.1 Å². The average Bonchev–Trinajstić information content (AvgIpc) is 2.41. The van der Waals surface area contributed by atoms with E-state index in [-0.39, 0.29) is 116 Å². The Kier molecular flexibility index (Phi) is 41.8. The Morgan fingerprint density at radius 3 is 1.74 bits per heavy atom. The molecule has 0 N–H and O–H groups in total. The number of carbonyl (C=O) groups is 2. The van der Waals surface area contributed by atoms with Gasteiger partial charge in [0.25, 0.3) is 0 Å². The van der Waals surface area contributed by atoms with E-state index in [0.717, 1.165) is 11.4 Å². The Bertz CT molecular complexity index is 469. The molecular weight excluding hydrogens is 351 g/mol. The maximum atomic E-state index is 10.1. The predicted octanol–water partition coefficient (Wildman–Crippen LogP) is -8.82. The summed E-state index contributed by atoms with van der Waals surface area (Å²) in [4.78, 5) is 27.7. The molecular formula is C13H12KNNa2O6. The third-order valence-electron chi connectivity index (χ3n) is 1.55. The van der Waals surface area contributed by atoms with Crippen molar-refractivity contribution >= 4 is 11.9 Å². The molecule has 0 heterocycles. The normalized spacial score (nSPS) is 7.87. The van der Waals surface area contributed by atoms with Crippen LogP contribution in [-0.4, -0.2) is 11.9 Å². The van der Waals surface area contributed by atoms with Crippen LogP contribution in [0.15, 0.2) is 60.0 Å². The van der Waals surface area contributed by atoms with E-state index in [4.69, 9.17) is 10.1 Å². The number of hydrogen-bond donors (Lipinski definition) is 0. The number of rotatable bonds is 3. The molecule has 0 unspecified atom stereocenters. The second kappa shape index (κ2) is 27.5. The molecule has 1 rings (SSSR count). The molecule has 0 saturated heterocycles. The van der Waals surface area contributed by atoms with Gasteiger partial charge in [0.2, 0.25) is 0 Å². The van der Waals surface area contributed by atoms with Crippen molar-refractivity contribution in [3.8, 4) is 0 Å². The van der Waals surface area contributed by atoms with Crippen LogP contribution in [-0.2, 0) is 4.79 Å². The molecule has 10 heteroatoms. The molecule has 0 atom stereocenters. The summed E-state index contributed by atoms with van der Waals surface area (Å²) < 4.78 is 0. The van der Waals surface area contributed by atoms with E-state index in [0.29, 0.717) is 0 Å². The molecule has 7 nitrogen and oxygen atoms in total. The van der Waals surface area contributed by atoms with Gasteiger partial charge in [0.1, 0.15) is 0 Å². The van der Waals surface area contributed by atoms with Gasteiger partial charge in [0.05, 0.1) is 11.9 Å². The first kappa shape index (κ1) is 34.9. The van der Waals surface area contributed by atoms with E-state index < -0.39 is 11.9 Å². The zero-order valence-corrected chi connectivity index (χ0v) is 20.7. The van der Waals surface area contributed by atoms with Gasteiger partial charge >= 0.3 is 110 Å². The number of nitrogens with zero attached hydrogens (tertiary/aromatic N) is 1. The minimum atomic E-state index is -1.16.